The number of hydrogen-bond donors (Lipinski definition) is 1. The molecule has 2 saturated heterocycles. The Morgan fingerprint density at radius 2 is 2.00 bits per heavy atom. The number of rotatable bonds is 3. The predicted molar refractivity (Wildman–Crippen MR) is 96.8 cm³/mol. The average Bonchev–Trinajstić information content (AvgIpc) is 3.30. The molecule has 1 saturated carbocycles. The van der Waals surface area contributed by atoms with Gasteiger partial charge in [-0.15, -0.1) is 0 Å². The van der Waals surface area contributed by atoms with Crippen molar-refractivity contribution in [2.75, 3.05) is 16.8 Å². The van der Waals surface area contributed by atoms with Crippen LogP contribution in [0.15, 0.2) is 18.2 Å². The van der Waals surface area contributed by atoms with Crippen molar-refractivity contribution in [2.45, 2.75) is 57.5 Å². The zero-order valence-corrected chi connectivity index (χ0v) is 15.0. The van der Waals surface area contributed by atoms with Crippen LogP contribution in [-0.2, 0) is 19.1 Å². The zero-order valence-electron chi connectivity index (χ0n) is 15.0. The van der Waals surface area contributed by atoms with Crippen molar-refractivity contribution in [3.63, 3.8) is 0 Å². The Morgan fingerprint density at radius 3 is 2.65 bits per heavy atom. The van der Waals surface area contributed by atoms with Gasteiger partial charge in [0.25, 0.3) is 0 Å². The van der Waals surface area contributed by atoms with Gasteiger partial charge in [-0.25, -0.2) is 0 Å². The molecule has 3 aliphatic rings. The summed E-state index contributed by atoms with van der Waals surface area (Å²) in [4.78, 5) is 38.4. The normalized spacial score (nSPS) is 24.3. The second-order valence-electron chi connectivity index (χ2n) is 7.64. The molecule has 2 aliphatic heterocycles. The lowest BCUT2D eigenvalue weighted by Crippen LogP contribution is -2.39. The Hall–Kier alpha value is -2.37. The number of nitrogens with one attached hydrogen (secondary N) is 1. The van der Waals surface area contributed by atoms with E-state index in [2.05, 4.69) is 5.32 Å². The Balaban J connectivity index is 1.50. The van der Waals surface area contributed by atoms with Crippen LogP contribution in [0.2, 0.25) is 0 Å². The predicted octanol–water partition coefficient (Wildman–Crippen LogP) is 2.94. The molecule has 1 unspecified atom stereocenters. The van der Waals surface area contributed by atoms with Crippen LogP contribution in [0.5, 0.6) is 0 Å². The van der Waals surface area contributed by atoms with Gasteiger partial charge in [-0.1, -0.05) is 0 Å². The lowest BCUT2D eigenvalue weighted by atomic mass is 9.85. The number of carbonyl (C=O) groups excluding carboxylic acids is 3. The second kappa shape index (κ2) is 6.41. The van der Waals surface area contributed by atoms with E-state index in [0.717, 1.165) is 49.9 Å². The highest BCUT2D eigenvalue weighted by Crippen LogP contribution is 2.46. The molecule has 1 aromatic rings. The molecule has 1 atom stereocenters. The first-order chi connectivity index (χ1) is 12.5. The van der Waals surface area contributed by atoms with Crippen molar-refractivity contribution < 1.29 is 19.1 Å². The van der Waals surface area contributed by atoms with E-state index in [4.69, 9.17) is 4.74 Å². The number of carbonyl (C=O) groups is 3. The van der Waals surface area contributed by atoms with Crippen molar-refractivity contribution in [1.29, 1.82) is 0 Å². The molecule has 6 heteroatoms. The monoisotopic (exact) mass is 356 g/mol. The van der Waals surface area contributed by atoms with Crippen molar-refractivity contribution in [1.82, 2.24) is 0 Å². The molecule has 26 heavy (non-hydrogen) atoms. The Bertz CT molecular complexity index is 767. The van der Waals surface area contributed by atoms with Crippen LogP contribution in [0.3, 0.4) is 0 Å². The van der Waals surface area contributed by atoms with Crippen LogP contribution in [0.25, 0.3) is 0 Å². The lowest BCUT2D eigenvalue weighted by Gasteiger charge is -2.28. The largest absolute Gasteiger partial charge is 0.458 e. The van der Waals surface area contributed by atoms with Gasteiger partial charge in [0.05, 0.1) is 12.3 Å². The number of benzene rings is 1. The van der Waals surface area contributed by atoms with E-state index in [1.807, 2.05) is 25.1 Å². The molecule has 4 rings (SSSR count). The van der Waals surface area contributed by atoms with Crippen LogP contribution in [0.1, 0.15) is 50.5 Å². The SMILES string of the molecule is Cc1cc(NC(=O)C2CC(=O)OC23CCCC3)ccc1N1CCCC1=O. The number of ether oxygens (including phenoxy) is 1. The fourth-order valence-electron chi connectivity index (χ4n) is 4.62. The number of nitrogens with zero attached hydrogens (tertiary/aromatic N) is 1. The number of amides is 2. The molecule has 1 spiro atoms. The van der Waals surface area contributed by atoms with E-state index in [-0.39, 0.29) is 24.2 Å². The van der Waals surface area contributed by atoms with Gasteiger partial charge in [0.1, 0.15) is 5.60 Å². The third-order valence-electron chi connectivity index (χ3n) is 5.92. The van der Waals surface area contributed by atoms with E-state index >= 15 is 0 Å². The Kier molecular flexibility index (Phi) is 4.21. The molecule has 1 aliphatic carbocycles. The van der Waals surface area contributed by atoms with E-state index in [1.165, 1.54) is 0 Å². The molecular formula is C20H24N2O4. The minimum Gasteiger partial charge on any atom is -0.458 e. The maximum Gasteiger partial charge on any atom is 0.307 e. The zero-order chi connectivity index (χ0) is 18.3. The molecular weight excluding hydrogens is 332 g/mol. The average molecular weight is 356 g/mol. The molecule has 3 fully saturated rings. The van der Waals surface area contributed by atoms with Crippen molar-refractivity contribution in [3.8, 4) is 0 Å². The third kappa shape index (κ3) is 2.87. The molecule has 0 radical (unpaired) electrons. The van der Waals surface area contributed by atoms with E-state index in [1.54, 1.807) is 4.90 Å². The topological polar surface area (TPSA) is 75.7 Å². The number of aryl methyl sites for hydroxylation is 1. The summed E-state index contributed by atoms with van der Waals surface area (Å²) < 4.78 is 5.56. The maximum atomic E-state index is 12.8. The van der Waals surface area contributed by atoms with Gasteiger partial charge in [0.15, 0.2) is 0 Å². The van der Waals surface area contributed by atoms with Gasteiger partial charge in [-0.05, 0) is 62.8 Å². The highest BCUT2D eigenvalue weighted by Gasteiger charge is 2.53. The molecule has 0 bridgehead atoms. The molecule has 2 heterocycles. The van der Waals surface area contributed by atoms with Crippen LogP contribution >= 0.6 is 0 Å². The highest BCUT2D eigenvalue weighted by atomic mass is 16.6. The number of anilines is 2. The molecule has 2 amide bonds. The summed E-state index contributed by atoms with van der Waals surface area (Å²) >= 11 is 0. The van der Waals surface area contributed by atoms with Gasteiger partial charge in [0, 0.05) is 24.3 Å². The number of hydrogen-bond acceptors (Lipinski definition) is 4. The highest BCUT2D eigenvalue weighted by molar-refractivity contribution is 5.99. The minimum absolute atomic E-state index is 0.148. The van der Waals surface area contributed by atoms with Crippen LogP contribution in [0.4, 0.5) is 11.4 Å². The fraction of sp³-hybridized carbons (Fsp3) is 0.550. The summed E-state index contributed by atoms with van der Waals surface area (Å²) in [6.07, 6.45) is 5.16. The van der Waals surface area contributed by atoms with Crippen LogP contribution < -0.4 is 10.2 Å². The second-order valence-corrected chi connectivity index (χ2v) is 7.64. The summed E-state index contributed by atoms with van der Waals surface area (Å²) in [5, 5.41) is 2.95. The first-order valence-electron chi connectivity index (χ1n) is 9.42. The Morgan fingerprint density at radius 1 is 1.23 bits per heavy atom. The third-order valence-corrected chi connectivity index (χ3v) is 5.92. The first-order valence-corrected chi connectivity index (χ1v) is 9.42. The molecule has 138 valence electrons. The van der Waals surface area contributed by atoms with Crippen LogP contribution in [0, 0.1) is 12.8 Å². The molecule has 0 aromatic heterocycles. The molecule has 1 aromatic carbocycles. The number of esters is 1. The van der Waals surface area contributed by atoms with Gasteiger partial charge in [-0.2, -0.15) is 0 Å². The Labute approximate surface area is 152 Å². The van der Waals surface area contributed by atoms with E-state index < -0.39 is 11.5 Å². The summed E-state index contributed by atoms with van der Waals surface area (Å²) in [6.45, 7) is 2.69. The van der Waals surface area contributed by atoms with E-state index in [0.29, 0.717) is 12.1 Å². The lowest BCUT2D eigenvalue weighted by molar-refractivity contribution is -0.149. The van der Waals surface area contributed by atoms with E-state index in [9.17, 15) is 14.4 Å². The quantitative estimate of drug-likeness (QED) is 0.845. The fourth-order valence-corrected chi connectivity index (χ4v) is 4.62. The first kappa shape index (κ1) is 17.1. The van der Waals surface area contributed by atoms with Gasteiger partial charge < -0.3 is 15.0 Å². The summed E-state index contributed by atoms with van der Waals surface area (Å²) in [5.41, 5.74) is 1.94. The van der Waals surface area contributed by atoms with Crippen molar-refractivity contribution in [3.05, 3.63) is 23.8 Å². The summed E-state index contributed by atoms with van der Waals surface area (Å²) in [6, 6.07) is 5.60. The minimum atomic E-state index is -0.599. The van der Waals surface area contributed by atoms with Gasteiger partial charge in [0.2, 0.25) is 11.8 Å². The maximum absolute atomic E-state index is 12.8. The smallest absolute Gasteiger partial charge is 0.307 e. The molecule has 6 nitrogen and oxygen atoms in total. The van der Waals surface area contributed by atoms with Crippen molar-refractivity contribution in [2.24, 2.45) is 5.92 Å². The van der Waals surface area contributed by atoms with Gasteiger partial charge in [-0.3, -0.25) is 14.4 Å². The summed E-state index contributed by atoms with van der Waals surface area (Å²) in [5.74, 6) is -0.694. The van der Waals surface area contributed by atoms with Crippen molar-refractivity contribution >= 4 is 29.2 Å². The standard InChI is InChI=1S/C20H24N2O4/c1-13-11-14(6-7-16(13)22-10-4-5-17(22)23)21-19(25)15-12-18(24)26-20(15)8-2-3-9-20/h6-7,11,15H,2-5,8-10,12H2,1H3,(H,21,25). The summed E-state index contributed by atoms with van der Waals surface area (Å²) in [7, 11) is 0. The van der Waals surface area contributed by atoms with Gasteiger partial charge >= 0.3 is 5.97 Å². The molecule has 1 N–H and O–H groups in total. The van der Waals surface area contributed by atoms with Crippen LogP contribution in [-0.4, -0.2) is 29.9 Å².